The number of hydrogen-bond acceptors (Lipinski definition) is 4. The van der Waals surface area contributed by atoms with Gasteiger partial charge < -0.3 is 4.98 Å². The van der Waals surface area contributed by atoms with Crippen molar-refractivity contribution in [2.45, 2.75) is 13.8 Å². The lowest BCUT2D eigenvalue weighted by atomic mass is 10.0. The van der Waals surface area contributed by atoms with E-state index in [0.717, 1.165) is 16.6 Å². The number of rotatable bonds is 3. The number of benzene rings is 1. The van der Waals surface area contributed by atoms with Crippen molar-refractivity contribution in [2.75, 3.05) is 5.32 Å². The molecule has 0 radical (unpaired) electrons. The minimum Gasteiger partial charge on any atom is -0.346 e. The van der Waals surface area contributed by atoms with Gasteiger partial charge in [-0.2, -0.15) is 0 Å². The molecule has 0 unspecified atom stereocenters. The molecule has 0 fully saturated rings. The summed E-state index contributed by atoms with van der Waals surface area (Å²) in [5, 5.41) is 6.32. The quantitative estimate of drug-likeness (QED) is 0.570. The van der Waals surface area contributed by atoms with Gasteiger partial charge in [0.2, 0.25) is 0 Å². The minimum atomic E-state index is -0.266. The van der Waals surface area contributed by atoms with Crippen LogP contribution >= 0.6 is 11.3 Å². The number of nitrogens with one attached hydrogen (secondary N) is 2. The fourth-order valence-corrected chi connectivity index (χ4v) is 3.48. The molecule has 0 bridgehead atoms. The van der Waals surface area contributed by atoms with Gasteiger partial charge in [0.1, 0.15) is 11.3 Å². The molecule has 2 N–H and O–H groups in total. The Morgan fingerprint density at radius 1 is 1.12 bits per heavy atom. The molecule has 124 valence electrons. The number of aromatic nitrogens is 3. The number of thiazole rings is 1. The van der Waals surface area contributed by atoms with Crippen molar-refractivity contribution >= 4 is 33.4 Å². The van der Waals surface area contributed by atoms with Crippen LogP contribution in [0.1, 0.15) is 21.6 Å². The topological polar surface area (TPSA) is 70.7 Å². The Kier molecular flexibility index (Phi) is 3.82. The number of aryl methyl sites for hydroxylation is 2. The standard InChI is InChI=1S/C19H16N4OS/c1-11-3-5-14(12(2)9-11)16-10-25-19(22-16)23-18(24)15-6-4-13-7-8-20-17(13)21-15/h3-10H,1-2H3,(H,20,21)(H,22,23,24). The largest absolute Gasteiger partial charge is 0.346 e. The van der Waals surface area contributed by atoms with Crippen molar-refractivity contribution in [1.82, 2.24) is 15.0 Å². The molecule has 3 aromatic heterocycles. The van der Waals surface area contributed by atoms with Crippen molar-refractivity contribution in [3.63, 3.8) is 0 Å². The number of H-pyrrole nitrogens is 1. The molecule has 0 spiro atoms. The van der Waals surface area contributed by atoms with Crippen molar-refractivity contribution < 1.29 is 4.79 Å². The Morgan fingerprint density at radius 2 is 2.00 bits per heavy atom. The van der Waals surface area contributed by atoms with Crippen LogP contribution in [0, 0.1) is 13.8 Å². The first-order valence-corrected chi connectivity index (χ1v) is 8.77. The van der Waals surface area contributed by atoms with E-state index in [4.69, 9.17) is 0 Å². The summed E-state index contributed by atoms with van der Waals surface area (Å²) in [5.41, 5.74) is 5.39. The first-order valence-electron chi connectivity index (χ1n) is 7.89. The molecule has 0 aliphatic carbocycles. The lowest BCUT2D eigenvalue weighted by molar-refractivity contribution is 0.102. The van der Waals surface area contributed by atoms with E-state index in [-0.39, 0.29) is 5.91 Å². The fraction of sp³-hybridized carbons (Fsp3) is 0.105. The van der Waals surface area contributed by atoms with Crippen LogP contribution in [-0.2, 0) is 0 Å². The maximum atomic E-state index is 12.4. The summed E-state index contributed by atoms with van der Waals surface area (Å²) in [5.74, 6) is -0.266. The molecule has 0 saturated carbocycles. The first kappa shape index (κ1) is 15.5. The van der Waals surface area contributed by atoms with Crippen LogP contribution in [0.3, 0.4) is 0 Å². The highest BCUT2D eigenvalue weighted by molar-refractivity contribution is 7.14. The summed E-state index contributed by atoms with van der Waals surface area (Å²) >= 11 is 1.41. The number of amides is 1. The molecule has 6 heteroatoms. The monoisotopic (exact) mass is 348 g/mol. The Bertz CT molecular complexity index is 1080. The van der Waals surface area contributed by atoms with E-state index >= 15 is 0 Å². The van der Waals surface area contributed by atoms with Crippen molar-refractivity contribution in [1.29, 1.82) is 0 Å². The van der Waals surface area contributed by atoms with Crippen molar-refractivity contribution in [2.24, 2.45) is 0 Å². The number of fused-ring (bicyclic) bond motifs is 1. The number of anilines is 1. The molecule has 4 rings (SSSR count). The normalized spacial score (nSPS) is 11.0. The summed E-state index contributed by atoms with van der Waals surface area (Å²) in [6, 6.07) is 11.8. The third-order valence-electron chi connectivity index (χ3n) is 4.02. The van der Waals surface area contributed by atoms with Gasteiger partial charge in [0.05, 0.1) is 5.69 Å². The van der Waals surface area contributed by atoms with Crippen LogP contribution in [0.4, 0.5) is 5.13 Å². The van der Waals surface area contributed by atoms with Crippen LogP contribution in [0.5, 0.6) is 0 Å². The smallest absolute Gasteiger partial charge is 0.276 e. The Balaban J connectivity index is 1.56. The van der Waals surface area contributed by atoms with Gasteiger partial charge in [-0.3, -0.25) is 10.1 Å². The second-order valence-corrected chi connectivity index (χ2v) is 6.78. The van der Waals surface area contributed by atoms with Gasteiger partial charge in [0.15, 0.2) is 5.13 Å². The molecule has 1 amide bonds. The average Bonchev–Trinajstić information content (AvgIpc) is 3.23. The van der Waals surface area contributed by atoms with Crippen LogP contribution in [0.15, 0.2) is 48.0 Å². The maximum Gasteiger partial charge on any atom is 0.276 e. The van der Waals surface area contributed by atoms with Gasteiger partial charge in [0.25, 0.3) is 5.91 Å². The predicted molar refractivity (Wildman–Crippen MR) is 101 cm³/mol. The molecule has 25 heavy (non-hydrogen) atoms. The van der Waals surface area contributed by atoms with Crippen LogP contribution < -0.4 is 5.32 Å². The van der Waals surface area contributed by atoms with Gasteiger partial charge in [-0.15, -0.1) is 11.3 Å². The van der Waals surface area contributed by atoms with E-state index in [1.165, 1.54) is 22.5 Å². The Labute approximate surface area is 148 Å². The van der Waals surface area contributed by atoms with E-state index < -0.39 is 0 Å². The lowest BCUT2D eigenvalue weighted by Gasteiger charge is -2.04. The summed E-state index contributed by atoms with van der Waals surface area (Å²) < 4.78 is 0. The molecular weight excluding hydrogens is 332 g/mol. The molecule has 3 heterocycles. The van der Waals surface area contributed by atoms with E-state index in [9.17, 15) is 4.79 Å². The average molecular weight is 348 g/mol. The number of carbonyl (C=O) groups excluding carboxylic acids is 1. The highest BCUT2D eigenvalue weighted by Gasteiger charge is 2.13. The van der Waals surface area contributed by atoms with Gasteiger partial charge >= 0.3 is 0 Å². The number of aromatic amines is 1. The molecule has 5 nitrogen and oxygen atoms in total. The second kappa shape index (κ2) is 6.14. The number of carbonyl (C=O) groups is 1. The van der Waals surface area contributed by atoms with E-state index in [1.807, 2.05) is 17.5 Å². The second-order valence-electron chi connectivity index (χ2n) is 5.92. The zero-order valence-electron chi connectivity index (χ0n) is 13.8. The number of pyridine rings is 1. The molecule has 4 aromatic rings. The molecular formula is C19H16N4OS. The highest BCUT2D eigenvalue weighted by atomic mass is 32.1. The third-order valence-corrected chi connectivity index (χ3v) is 4.78. The highest BCUT2D eigenvalue weighted by Crippen LogP contribution is 2.28. The summed E-state index contributed by atoms with van der Waals surface area (Å²) in [6.45, 7) is 4.13. The summed E-state index contributed by atoms with van der Waals surface area (Å²) in [6.07, 6.45) is 1.80. The van der Waals surface area contributed by atoms with E-state index in [0.29, 0.717) is 16.5 Å². The van der Waals surface area contributed by atoms with Gasteiger partial charge in [-0.25, -0.2) is 9.97 Å². The first-order chi connectivity index (χ1) is 12.1. The SMILES string of the molecule is Cc1ccc(-c2csc(NC(=O)c3ccc4cc[nH]c4n3)n2)c(C)c1. The Morgan fingerprint density at radius 3 is 2.84 bits per heavy atom. The van der Waals surface area contributed by atoms with E-state index in [1.54, 1.807) is 12.3 Å². The minimum absolute atomic E-state index is 0.266. The van der Waals surface area contributed by atoms with Crippen molar-refractivity contribution in [3.05, 3.63) is 64.8 Å². The maximum absolute atomic E-state index is 12.4. The van der Waals surface area contributed by atoms with Crippen LogP contribution in [-0.4, -0.2) is 20.9 Å². The number of hydrogen-bond donors (Lipinski definition) is 2. The van der Waals surface area contributed by atoms with Gasteiger partial charge in [0, 0.05) is 22.5 Å². The third kappa shape index (κ3) is 3.04. The van der Waals surface area contributed by atoms with Crippen molar-refractivity contribution in [3.8, 4) is 11.3 Å². The van der Waals surface area contributed by atoms with Crippen LogP contribution in [0.2, 0.25) is 0 Å². The zero-order chi connectivity index (χ0) is 17.4. The van der Waals surface area contributed by atoms with Gasteiger partial charge in [-0.05, 0) is 37.6 Å². The predicted octanol–water partition coefficient (Wildman–Crippen LogP) is 4.56. The summed E-state index contributed by atoms with van der Waals surface area (Å²) in [4.78, 5) is 24.3. The Hall–Kier alpha value is -2.99. The fourth-order valence-electron chi connectivity index (χ4n) is 2.77. The zero-order valence-corrected chi connectivity index (χ0v) is 14.6. The molecule has 0 saturated heterocycles. The van der Waals surface area contributed by atoms with E-state index in [2.05, 4.69) is 52.3 Å². The van der Waals surface area contributed by atoms with Crippen LogP contribution in [0.25, 0.3) is 22.3 Å². The molecule has 1 aromatic carbocycles. The van der Waals surface area contributed by atoms with Gasteiger partial charge in [-0.1, -0.05) is 23.8 Å². The summed E-state index contributed by atoms with van der Waals surface area (Å²) in [7, 11) is 0. The molecule has 0 atom stereocenters. The molecule has 0 aliphatic heterocycles. The lowest BCUT2D eigenvalue weighted by Crippen LogP contribution is -2.13. The molecule has 0 aliphatic rings. The number of nitrogens with zero attached hydrogens (tertiary/aromatic N) is 2.